The normalized spacial score (nSPS) is 15.0. The van der Waals surface area contributed by atoms with Gasteiger partial charge in [0.25, 0.3) is 0 Å². The molecule has 10 nitrogen and oxygen atoms in total. The van der Waals surface area contributed by atoms with Crippen LogP contribution in [0.3, 0.4) is 0 Å². The fraction of sp³-hybridized carbons (Fsp3) is 0.409. The van der Waals surface area contributed by atoms with Gasteiger partial charge in [-0.1, -0.05) is 0 Å². The zero-order chi connectivity index (χ0) is 22.5. The highest BCUT2D eigenvalue weighted by Crippen LogP contribution is 2.26. The first-order valence-electron chi connectivity index (χ1n) is 10.6. The second kappa shape index (κ2) is 9.72. The maximum Gasteiger partial charge on any atom is 0.340 e. The first kappa shape index (κ1) is 21.7. The van der Waals surface area contributed by atoms with Gasteiger partial charge in [-0.25, -0.2) is 9.97 Å². The molecule has 0 spiro atoms. The summed E-state index contributed by atoms with van der Waals surface area (Å²) in [5.41, 5.74) is 2.48. The van der Waals surface area contributed by atoms with E-state index in [1.807, 2.05) is 18.2 Å². The summed E-state index contributed by atoms with van der Waals surface area (Å²) in [4.78, 5) is 23.8. The van der Waals surface area contributed by atoms with E-state index in [9.17, 15) is 15.4 Å². The van der Waals surface area contributed by atoms with Crippen molar-refractivity contribution in [2.45, 2.75) is 31.8 Å². The summed E-state index contributed by atoms with van der Waals surface area (Å²) >= 11 is 0. The molecular weight excluding hydrogens is 410 g/mol. The molecule has 1 fully saturated rings. The molecule has 4 rings (SSSR count). The summed E-state index contributed by atoms with van der Waals surface area (Å²) in [6.07, 6.45) is 5.63. The molecule has 0 atom stereocenters. The van der Waals surface area contributed by atoms with E-state index in [1.165, 1.54) is 6.20 Å². The lowest BCUT2D eigenvalue weighted by Gasteiger charge is -2.32. The van der Waals surface area contributed by atoms with Crippen LogP contribution in [0.15, 0.2) is 30.6 Å². The molecule has 0 bridgehead atoms. The maximum absolute atomic E-state index is 10.7. The quantitative estimate of drug-likeness (QED) is 0.407. The van der Waals surface area contributed by atoms with Gasteiger partial charge >= 0.3 is 5.82 Å². The fourth-order valence-electron chi connectivity index (χ4n) is 4.12. The number of ether oxygens (including phenoxy) is 1. The Labute approximate surface area is 185 Å². The van der Waals surface area contributed by atoms with Crippen LogP contribution in [0.25, 0.3) is 10.9 Å². The number of imidazole rings is 1. The number of piperidine rings is 1. The molecule has 0 radical (unpaired) electrons. The van der Waals surface area contributed by atoms with Gasteiger partial charge in [0, 0.05) is 24.2 Å². The SMILES string of the molecule is COc1ccc2ncc(C#N)c(CCN3CCC(NCc4ncc([N+](=O)[O-])[nH]4)CC3)c2c1. The summed E-state index contributed by atoms with van der Waals surface area (Å²) in [6.45, 7) is 3.24. The van der Waals surface area contributed by atoms with E-state index in [1.54, 1.807) is 13.3 Å². The third-order valence-corrected chi connectivity index (χ3v) is 5.94. The molecule has 166 valence electrons. The van der Waals surface area contributed by atoms with Crippen molar-refractivity contribution in [2.24, 2.45) is 0 Å². The highest BCUT2D eigenvalue weighted by Gasteiger charge is 2.20. The van der Waals surface area contributed by atoms with E-state index < -0.39 is 4.92 Å². The predicted molar refractivity (Wildman–Crippen MR) is 118 cm³/mol. The number of nitrogens with one attached hydrogen (secondary N) is 2. The molecule has 0 unspecified atom stereocenters. The highest BCUT2D eigenvalue weighted by molar-refractivity contribution is 5.85. The van der Waals surface area contributed by atoms with Crippen molar-refractivity contribution >= 4 is 16.7 Å². The van der Waals surface area contributed by atoms with Crippen molar-refractivity contribution in [1.82, 2.24) is 25.2 Å². The van der Waals surface area contributed by atoms with Gasteiger partial charge in [0.2, 0.25) is 5.82 Å². The topological polar surface area (TPSA) is 133 Å². The van der Waals surface area contributed by atoms with Gasteiger partial charge in [-0.2, -0.15) is 5.26 Å². The van der Waals surface area contributed by atoms with Crippen LogP contribution in [0, 0.1) is 21.4 Å². The zero-order valence-corrected chi connectivity index (χ0v) is 17.9. The Hall–Kier alpha value is -3.55. The Morgan fingerprint density at radius 2 is 2.16 bits per heavy atom. The smallest absolute Gasteiger partial charge is 0.340 e. The number of hydrogen-bond donors (Lipinski definition) is 2. The molecule has 2 N–H and O–H groups in total. The Morgan fingerprint density at radius 3 is 2.84 bits per heavy atom. The number of fused-ring (bicyclic) bond motifs is 1. The number of aromatic amines is 1. The van der Waals surface area contributed by atoms with E-state index in [-0.39, 0.29) is 5.82 Å². The van der Waals surface area contributed by atoms with Gasteiger partial charge in [0.05, 0.1) is 24.7 Å². The first-order valence-corrected chi connectivity index (χ1v) is 10.6. The van der Waals surface area contributed by atoms with Crippen LogP contribution < -0.4 is 10.1 Å². The number of benzene rings is 1. The van der Waals surface area contributed by atoms with Crippen LogP contribution in [0.1, 0.15) is 29.8 Å². The van der Waals surface area contributed by atoms with Gasteiger partial charge in [-0.3, -0.25) is 4.98 Å². The maximum atomic E-state index is 10.7. The monoisotopic (exact) mass is 435 g/mol. The zero-order valence-electron chi connectivity index (χ0n) is 17.9. The number of rotatable bonds is 8. The molecule has 0 aliphatic carbocycles. The van der Waals surface area contributed by atoms with E-state index >= 15 is 0 Å². The minimum absolute atomic E-state index is 0.0883. The van der Waals surface area contributed by atoms with Crippen molar-refractivity contribution in [3.8, 4) is 11.8 Å². The Kier molecular flexibility index (Phi) is 6.58. The molecule has 3 heterocycles. The molecule has 10 heteroatoms. The Bertz CT molecular complexity index is 1150. The van der Waals surface area contributed by atoms with E-state index in [2.05, 4.69) is 31.2 Å². The van der Waals surface area contributed by atoms with Crippen LogP contribution in [-0.4, -0.2) is 57.6 Å². The average Bonchev–Trinajstić information content (AvgIpc) is 3.31. The third kappa shape index (κ3) is 4.85. The number of H-pyrrole nitrogens is 1. The van der Waals surface area contributed by atoms with Gasteiger partial charge in [0.1, 0.15) is 18.0 Å². The van der Waals surface area contributed by atoms with Crippen molar-refractivity contribution in [3.05, 3.63) is 57.7 Å². The average molecular weight is 435 g/mol. The van der Waals surface area contributed by atoms with E-state index in [0.29, 0.717) is 24.0 Å². The number of nitro groups is 1. The van der Waals surface area contributed by atoms with Crippen LogP contribution in [-0.2, 0) is 13.0 Å². The largest absolute Gasteiger partial charge is 0.497 e. The lowest BCUT2D eigenvalue weighted by molar-refractivity contribution is -0.389. The fourth-order valence-corrected chi connectivity index (χ4v) is 4.12. The summed E-state index contributed by atoms with van der Waals surface area (Å²) in [6, 6.07) is 8.37. The lowest BCUT2D eigenvalue weighted by atomic mass is 9.99. The number of pyridine rings is 1. The number of likely N-dealkylation sites (tertiary alicyclic amines) is 1. The predicted octanol–water partition coefficient (Wildman–Crippen LogP) is 2.54. The minimum atomic E-state index is -0.477. The lowest BCUT2D eigenvalue weighted by Crippen LogP contribution is -2.43. The molecule has 32 heavy (non-hydrogen) atoms. The van der Waals surface area contributed by atoms with Crippen LogP contribution in [0.5, 0.6) is 5.75 Å². The molecule has 3 aromatic rings. The van der Waals surface area contributed by atoms with Crippen LogP contribution in [0.4, 0.5) is 5.82 Å². The molecule has 0 amide bonds. The Morgan fingerprint density at radius 1 is 1.34 bits per heavy atom. The molecule has 1 aliphatic heterocycles. The Balaban J connectivity index is 1.32. The van der Waals surface area contributed by atoms with Gasteiger partial charge in [-0.05, 0) is 61.0 Å². The van der Waals surface area contributed by atoms with Crippen molar-refractivity contribution in [2.75, 3.05) is 26.7 Å². The first-order chi connectivity index (χ1) is 15.6. The number of nitrogens with zero attached hydrogens (tertiary/aromatic N) is 5. The van der Waals surface area contributed by atoms with Gasteiger partial charge in [0.15, 0.2) is 0 Å². The van der Waals surface area contributed by atoms with Crippen LogP contribution >= 0.6 is 0 Å². The molecule has 1 aromatic carbocycles. The van der Waals surface area contributed by atoms with Crippen molar-refractivity contribution < 1.29 is 9.66 Å². The van der Waals surface area contributed by atoms with E-state index in [0.717, 1.165) is 61.1 Å². The molecule has 1 aliphatic rings. The van der Waals surface area contributed by atoms with Gasteiger partial charge < -0.3 is 25.1 Å². The summed E-state index contributed by atoms with van der Waals surface area (Å²) in [5, 5.41) is 24.7. The summed E-state index contributed by atoms with van der Waals surface area (Å²) in [7, 11) is 1.63. The third-order valence-electron chi connectivity index (χ3n) is 5.94. The minimum Gasteiger partial charge on any atom is -0.497 e. The molecule has 0 saturated carbocycles. The summed E-state index contributed by atoms with van der Waals surface area (Å²) < 4.78 is 5.36. The number of hydrogen-bond acceptors (Lipinski definition) is 8. The molecule has 1 saturated heterocycles. The molecule has 2 aromatic heterocycles. The standard InChI is InChI=1S/C22H25N7O3/c1-32-17-2-3-20-19(10-17)18(15(11-23)12-25-20)6-9-28-7-4-16(5-8-28)24-13-21-26-14-22(27-21)29(30)31/h2-3,10,12,14,16,24H,4-9,13H2,1H3,(H,26,27). The second-order valence-electron chi connectivity index (χ2n) is 7.86. The number of nitriles is 1. The van der Waals surface area contributed by atoms with Crippen molar-refractivity contribution in [3.63, 3.8) is 0 Å². The molecular formula is C22H25N7O3. The number of methoxy groups -OCH3 is 1. The van der Waals surface area contributed by atoms with Crippen molar-refractivity contribution in [1.29, 1.82) is 5.26 Å². The highest BCUT2D eigenvalue weighted by atomic mass is 16.6. The van der Waals surface area contributed by atoms with Crippen LogP contribution in [0.2, 0.25) is 0 Å². The second-order valence-corrected chi connectivity index (χ2v) is 7.86. The van der Waals surface area contributed by atoms with Gasteiger partial charge in [-0.15, -0.1) is 0 Å². The van der Waals surface area contributed by atoms with E-state index in [4.69, 9.17) is 4.74 Å². The number of aromatic nitrogens is 3. The summed E-state index contributed by atoms with van der Waals surface area (Å²) in [5.74, 6) is 1.24.